The molecule has 2 aliphatic rings. The molecule has 0 radical (unpaired) electrons. The van der Waals surface area contributed by atoms with Crippen LogP contribution in [0.1, 0.15) is 6.42 Å². The zero-order valence-electron chi connectivity index (χ0n) is 13.2. The molecule has 2 aromatic rings. The van der Waals surface area contributed by atoms with Crippen LogP contribution < -0.4 is 4.90 Å². The van der Waals surface area contributed by atoms with Crippen LogP contribution in [-0.4, -0.2) is 41.8 Å². The highest BCUT2D eigenvalue weighted by molar-refractivity contribution is 9.10. The minimum Gasteiger partial charge on any atom is -0.465 e. The number of carbonyl (C=O) groups is 1. The number of benzene rings is 2. The van der Waals surface area contributed by atoms with E-state index in [0.29, 0.717) is 25.0 Å². The van der Waals surface area contributed by atoms with Crippen LogP contribution in [0.4, 0.5) is 10.5 Å². The molecule has 4 rings (SSSR count). The summed E-state index contributed by atoms with van der Waals surface area (Å²) in [6.45, 7) is 2.31. The third-order valence-electron chi connectivity index (χ3n) is 5.19. The summed E-state index contributed by atoms with van der Waals surface area (Å²) in [5, 5.41) is 9.21. The molecule has 4 nitrogen and oxygen atoms in total. The first-order chi connectivity index (χ1) is 11.6. The van der Waals surface area contributed by atoms with E-state index in [1.807, 2.05) is 12.1 Å². The third kappa shape index (κ3) is 2.77. The Morgan fingerprint density at radius 2 is 1.62 bits per heavy atom. The quantitative estimate of drug-likeness (QED) is 0.836. The number of anilines is 1. The minimum absolute atomic E-state index is 0.319. The van der Waals surface area contributed by atoms with Crippen molar-refractivity contribution in [3.05, 3.63) is 53.0 Å². The molecule has 2 aromatic carbocycles. The van der Waals surface area contributed by atoms with Crippen LogP contribution in [0.2, 0.25) is 0 Å². The maximum Gasteiger partial charge on any atom is 0.407 e. The van der Waals surface area contributed by atoms with Crippen molar-refractivity contribution in [2.24, 2.45) is 5.92 Å². The predicted octanol–water partition coefficient (Wildman–Crippen LogP) is 4.30. The largest absolute Gasteiger partial charge is 0.465 e. The lowest BCUT2D eigenvalue weighted by molar-refractivity contribution is 0.153. The van der Waals surface area contributed by atoms with Crippen molar-refractivity contribution in [3.63, 3.8) is 0 Å². The molecule has 1 amide bonds. The molecule has 0 spiro atoms. The molecule has 24 heavy (non-hydrogen) atoms. The molecule has 0 saturated carbocycles. The lowest BCUT2D eigenvalue weighted by atomic mass is 10.0. The summed E-state index contributed by atoms with van der Waals surface area (Å²) in [4.78, 5) is 15.1. The number of nitrogens with zero attached hydrogens (tertiary/aromatic N) is 2. The number of amides is 1. The van der Waals surface area contributed by atoms with Crippen molar-refractivity contribution in [2.45, 2.75) is 12.5 Å². The standard InChI is InChI=1S/C19H19BrN2O2/c20-16-5-1-13(2-6-16)14-3-7-17(8-4-14)22-10-9-15-11-21(19(23)24)12-18(15)22/h1-8,15,18H,9-12H2,(H,23,24)/t15-,18+/m1/s1. The first kappa shape index (κ1) is 15.5. The van der Waals surface area contributed by atoms with Gasteiger partial charge in [0.1, 0.15) is 0 Å². The Morgan fingerprint density at radius 3 is 2.25 bits per heavy atom. The van der Waals surface area contributed by atoms with Crippen molar-refractivity contribution >= 4 is 27.7 Å². The van der Waals surface area contributed by atoms with Gasteiger partial charge in [0.25, 0.3) is 0 Å². The Kier molecular flexibility index (Phi) is 3.96. The molecule has 0 bridgehead atoms. The van der Waals surface area contributed by atoms with Crippen molar-refractivity contribution in [1.29, 1.82) is 0 Å². The summed E-state index contributed by atoms with van der Waals surface area (Å²) in [5.74, 6) is 0.465. The number of rotatable bonds is 2. The molecule has 1 N–H and O–H groups in total. The van der Waals surface area contributed by atoms with Gasteiger partial charge in [0.15, 0.2) is 0 Å². The summed E-state index contributed by atoms with van der Waals surface area (Å²) >= 11 is 3.46. The number of carboxylic acid groups (broad SMARTS) is 1. The molecule has 0 aromatic heterocycles. The lowest BCUT2D eigenvalue weighted by Crippen LogP contribution is -2.36. The number of likely N-dealkylation sites (tertiary alicyclic amines) is 1. The summed E-state index contributed by atoms with van der Waals surface area (Å²) in [7, 11) is 0. The topological polar surface area (TPSA) is 43.8 Å². The zero-order chi connectivity index (χ0) is 16.7. The zero-order valence-corrected chi connectivity index (χ0v) is 14.8. The second kappa shape index (κ2) is 6.13. The van der Waals surface area contributed by atoms with Gasteiger partial charge in [0.2, 0.25) is 0 Å². The first-order valence-corrected chi connectivity index (χ1v) is 9.01. The average molecular weight is 387 g/mol. The van der Waals surface area contributed by atoms with Gasteiger partial charge in [0.05, 0.1) is 6.04 Å². The van der Waals surface area contributed by atoms with E-state index in [2.05, 4.69) is 57.2 Å². The molecule has 2 atom stereocenters. The molecular weight excluding hydrogens is 368 g/mol. The summed E-state index contributed by atoms with van der Waals surface area (Å²) < 4.78 is 1.08. The van der Waals surface area contributed by atoms with Gasteiger partial charge in [-0.3, -0.25) is 0 Å². The number of hydrogen-bond donors (Lipinski definition) is 1. The van der Waals surface area contributed by atoms with Crippen LogP contribution >= 0.6 is 15.9 Å². The predicted molar refractivity (Wildman–Crippen MR) is 98.4 cm³/mol. The van der Waals surface area contributed by atoms with Crippen molar-refractivity contribution in [1.82, 2.24) is 4.90 Å². The SMILES string of the molecule is O=C(O)N1C[C@H]2CCN(c3ccc(-c4ccc(Br)cc4)cc3)[C@H]2C1. The number of hydrogen-bond acceptors (Lipinski definition) is 2. The van der Waals surface area contributed by atoms with Gasteiger partial charge >= 0.3 is 6.09 Å². The van der Waals surface area contributed by atoms with E-state index in [4.69, 9.17) is 0 Å². The second-order valence-electron chi connectivity index (χ2n) is 6.55. The van der Waals surface area contributed by atoms with Crippen LogP contribution in [0.5, 0.6) is 0 Å². The highest BCUT2D eigenvalue weighted by Crippen LogP contribution is 2.35. The monoisotopic (exact) mass is 386 g/mol. The lowest BCUT2D eigenvalue weighted by Gasteiger charge is -2.26. The van der Waals surface area contributed by atoms with Crippen LogP contribution in [0.25, 0.3) is 11.1 Å². The van der Waals surface area contributed by atoms with Gasteiger partial charge < -0.3 is 14.9 Å². The summed E-state index contributed by atoms with van der Waals surface area (Å²) in [6, 6.07) is 17.2. The number of fused-ring (bicyclic) bond motifs is 1. The number of halogens is 1. The van der Waals surface area contributed by atoms with Gasteiger partial charge in [-0.2, -0.15) is 0 Å². The van der Waals surface area contributed by atoms with Crippen LogP contribution in [0.15, 0.2) is 53.0 Å². The van der Waals surface area contributed by atoms with E-state index in [9.17, 15) is 9.90 Å². The fourth-order valence-corrected chi connectivity index (χ4v) is 4.19. The Labute approximate surface area is 149 Å². The molecule has 2 saturated heterocycles. The highest BCUT2D eigenvalue weighted by Gasteiger charge is 2.42. The van der Waals surface area contributed by atoms with Gasteiger partial charge in [-0.15, -0.1) is 0 Å². The van der Waals surface area contributed by atoms with Crippen LogP contribution in [0, 0.1) is 5.92 Å². The maximum atomic E-state index is 11.2. The van der Waals surface area contributed by atoms with Crippen molar-refractivity contribution < 1.29 is 9.90 Å². The van der Waals surface area contributed by atoms with Gasteiger partial charge in [0, 0.05) is 35.7 Å². The highest BCUT2D eigenvalue weighted by atomic mass is 79.9. The Hall–Kier alpha value is -2.01. The van der Waals surface area contributed by atoms with E-state index in [1.165, 1.54) is 16.8 Å². The Bertz CT molecular complexity index is 745. The third-order valence-corrected chi connectivity index (χ3v) is 5.72. The van der Waals surface area contributed by atoms with E-state index in [-0.39, 0.29) is 0 Å². The molecule has 2 heterocycles. The van der Waals surface area contributed by atoms with Gasteiger partial charge in [-0.05, 0) is 41.8 Å². The van der Waals surface area contributed by atoms with Crippen LogP contribution in [-0.2, 0) is 0 Å². The maximum absolute atomic E-state index is 11.2. The van der Waals surface area contributed by atoms with Gasteiger partial charge in [-0.1, -0.05) is 40.2 Å². The molecule has 0 unspecified atom stereocenters. The Morgan fingerprint density at radius 1 is 1.00 bits per heavy atom. The molecule has 2 aliphatic heterocycles. The molecule has 2 fully saturated rings. The second-order valence-corrected chi connectivity index (χ2v) is 7.47. The summed E-state index contributed by atoms with van der Waals surface area (Å²) in [5.41, 5.74) is 3.58. The fourth-order valence-electron chi connectivity index (χ4n) is 3.93. The van der Waals surface area contributed by atoms with Crippen LogP contribution in [0.3, 0.4) is 0 Å². The molecule has 5 heteroatoms. The average Bonchev–Trinajstić information content (AvgIpc) is 3.16. The fraction of sp³-hybridized carbons (Fsp3) is 0.316. The summed E-state index contributed by atoms with van der Waals surface area (Å²) in [6.07, 6.45) is 0.276. The van der Waals surface area contributed by atoms with Crippen molar-refractivity contribution in [3.8, 4) is 11.1 Å². The first-order valence-electron chi connectivity index (χ1n) is 8.22. The normalized spacial score (nSPS) is 22.7. The molecule has 124 valence electrons. The van der Waals surface area contributed by atoms with E-state index in [0.717, 1.165) is 17.4 Å². The molecule has 0 aliphatic carbocycles. The smallest absolute Gasteiger partial charge is 0.407 e. The van der Waals surface area contributed by atoms with E-state index >= 15 is 0 Å². The van der Waals surface area contributed by atoms with E-state index in [1.54, 1.807) is 4.90 Å². The van der Waals surface area contributed by atoms with Crippen molar-refractivity contribution in [2.75, 3.05) is 24.5 Å². The van der Waals surface area contributed by atoms with Gasteiger partial charge in [-0.25, -0.2) is 4.79 Å². The minimum atomic E-state index is -0.796. The molecular formula is C19H19BrN2O2. The van der Waals surface area contributed by atoms with E-state index < -0.39 is 6.09 Å². The Balaban J connectivity index is 1.53.